The van der Waals surface area contributed by atoms with Crippen LogP contribution >= 0.6 is 0 Å². The van der Waals surface area contributed by atoms with Crippen molar-refractivity contribution in [3.63, 3.8) is 0 Å². The fourth-order valence-electron chi connectivity index (χ4n) is 1.51. The second-order valence-corrected chi connectivity index (χ2v) is 3.65. The summed E-state index contributed by atoms with van der Waals surface area (Å²) >= 11 is 0. The summed E-state index contributed by atoms with van der Waals surface area (Å²) in [6.07, 6.45) is 3.39. The van der Waals surface area contributed by atoms with E-state index >= 15 is 0 Å². The second kappa shape index (κ2) is 6.51. The molecule has 3 N–H and O–H groups in total. The molecule has 0 bridgehead atoms. The van der Waals surface area contributed by atoms with Gasteiger partial charge in [-0.15, -0.1) is 0 Å². The number of amides is 1. The number of rotatable bonds is 5. The maximum Gasteiger partial charge on any atom is 0.285 e. The quantitative estimate of drug-likeness (QED) is 0.464. The highest BCUT2D eigenvalue weighted by atomic mass is 16.6. The molecule has 0 fully saturated rings. The van der Waals surface area contributed by atoms with Gasteiger partial charge in [0.1, 0.15) is 5.56 Å². The molecule has 1 rings (SSSR count). The molecule has 0 unspecified atom stereocenters. The van der Waals surface area contributed by atoms with Gasteiger partial charge < -0.3 is 11.1 Å². The molecule has 6 heteroatoms. The first-order valence-corrected chi connectivity index (χ1v) is 5.45. The average Bonchev–Trinajstić information content (AvgIpc) is 2.33. The predicted molar refractivity (Wildman–Crippen MR) is 68.4 cm³/mol. The largest absolute Gasteiger partial charge is 0.348 e. The predicted octanol–water partition coefficient (Wildman–Crippen LogP) is 1.15. The molecule has 0 atom stereocenters. The number of hydrogen-bond acceptors (Lipinski definition) is 4. The lowest BCUT2D eigenvalue weighted by atomic mass is 10.1. The van der Waals surface area contributed by atoms with E-state index in [0.29, 0.717) is 18.7 Å². The van der Waals surface area contributed by atoms with Gasteiger partial charge in [0.2, 0.25) is 0 Å². The Balaban J connectivity index is 2.89. The molecule has 18 heavy (non-hydrogen) atoms. The summed E-state index contributed by atoms with van der Waals surface area (Å²) in [6, 6.07) is 4.66. The highest BCUT2D eigenvalue weighted by Gasteiger charge is 2.21. The lowest BCUT2D eigenvalue weighted by Crippen LogP contribution is -2.24. The van der Waals surface area contributed by atoms with Crippen LogP contribution in [-0.2, 0) is 0 Å². The summed E-state index contributed by atoms with van der Waals surface area (Å²) in [5.41, 5.74) is 5.63. The Labute approximate surface area is 105 Å². The number of para-hydroxylation sites is 1. The van der Waals surface area contributed by atoms with Gasteiger partial charge >= 0.3 is 0 Å². The van der Waals surface area contributed by atoms with Crippen LogP contribution < -0.4 is 11.1 Å². The minimum absolute atomic E-state index is 0.0705. The van der Waals surface area contributed by atoms with E-state index in [0.717, 1.165) is 0 Å². The summed E-state index contributed by atoms with van der Waals surface area (Å²) in [5, 5.41) is 13.5. The van der Waals surface area contributed by atoms with Gasteiger partial charge in [0.25, 0.3) is 11.6 Å². The van der Waals surface area contributed by atoms with Gasteiger partial charge in [-0.3, -0.25) is 14.9 Å². The number of nitrogens with zero attached hydrogens (tertiary/aromatic N) is 1. The van der Waals surface area contributed by atoms with Crippen molar-refractivity contribution in [1.82, 2.24) is 5.32 Å². The number of benzene rings is 1. The highest BCUT2D eigenvalue weighted by Crippen LogP contribution is 2.22. The Kier molecular flexibility index (Phi) is 5.01. The molecule has 0 aliphatic rings. The Morgan fingerprint density at radius 2 is 2.22 bits per heavy atom. The number of hydrogen-bond donors (Lipinski definition) is 2. The molecule has 0 spiro atoms. The zero-order valence-electron chi connectivity index (χ0n) is 10.1. The molecule has 1 aromatic carbocycles. The van der Waals surface area contributed by atoms with Crippen LogP contribution in [0.3, 0.4) is 0 Å². The van der Waals surface area contributed by atoms with Crippen LogP contribution in [0.5, 0.6) is 0 Å². The monoisotopic (exact) mass is 249 g/mol. The second-order valence-electron chi connectivity index (χ2n) is 3.65. The van der Waals surface area contributed by atoms with E-state index in [1.807, 2.05) is 0 Å². The van der Waals surface area contributed by atoms with E-state index in [9.17, 15) is 14.9 Å². The van der Waals surface area contributed by atoms with E-state index < -0.39 is 10.8 Å². The number of carbonyl (C=O) groups is 1. The maximum atomic E-state index is 11.8. The molecule has 6 nitrogen and oxygen atoms in total. The molecule has 96 valence electrons. The minimum Gasteiger partial charge on any atom is -0.348 e. The molecule has 0 heterocycles. The van der Waals surface area contributed by atoms with Crippen LogP contribution in [-0.4, -0.2) is 23.9 Å². The van der Waals surface area contributed by atoms with Gasteiger partial charge in [0, 0.05) is 18.7 Å². The van der Waals surface area contributed by atoms with Crippen LogP contribution in [0.4, 0.5) is 5.69 Å². The summed E-state index contributed by atoms with van der Waals surface area (Å²) in [6.45, 7) is 2.28. The Morgan fingerprint density at radius 1 is 1.50 bits per heavy atom. The summed E-state index contributed by atoms with van der Waals surface area (Å²) in [5.74, 6) is -0.466. The van der Waals surface area contributed by atoms with Gasteiger partial charge in [-0.2, -0.15) is 0 Å². The van der Waals surface area contributed by atoms with Crippen molar-refractivity contribution in [1.29, 1.82) is 0 Å². The van der Waals surface area contributed by atoms with Crippen LogP contribution in [0, 0.1) is 17.0 Å². The van der Waals surface area contributed by atoms with E-state index in [-0.39, 0.29) is 11.3 Å². The van der Waals surface area contributed by atoms with Gasteiger partial charge in [0.05, 0.1) is 4.92 Å². The number of nitro benzene ring substituents is 1. The first-order chi connectivity index (χ1) is 8.57. The maximum absolute atomic E-state index is 11.8. The van der Waals surface area contributed by atoms with Crippen molar-refractivity contribution in [2.75, 3.05) is 13.1 Å². The van der Waals surface area contributed by atoms with Crippen LogP contribution in [0.1, 0.15) is 15.9 Å². The van der Waals surface area contributed by atoms with Gasteiger partial charge in [-0.25, -0.2) is 0 Å². The van der Waals surface area contributed by atoms with Crippen LogP contribution in [0.15, 0.2) is 30.4 Å². The molecule has 0 saturated heterocycles. The summed E-state index contributed by atoms with van der Waals surface area (Å²) < 4.78 is 0. The first kappa shape index (κ1) is 13.9. The Morgan fingerprint density at radius 3 is 2.83 bits per heavy atom. The smallest absolute Gasteiger partial charge is 0.285 e. The van der Waals surface area contributed by atoms with E-state index in [1.165, 1.54) is 6.07 Å². The third kappa shape index (κ3) is 3.39. The van der Waals surface area contributed by atoms with Crippen molar-refractivity contribution >= 4 is 11.6 Å². The van der Waals surface area contributed by atoms with E-state index in [1.54, 1.807) is 31.2 Å². The Bertz CT molecular complexity index is 483. The first-order valence-electron chi connectivity index (χ1n) is 5.45. The van der Waals surface area contributed by atoms with Gasteiger partial charge in [0.15, 0.2) is 0 Å². The third-order valence-electron chi connectivity index (χ3n) is 2.35. The van der Waals surface area contributed by atoms with E-state index in [2.05, 4.69) is 5.32 Å². The van der Waals surface area contributed by atoms with Crippen molar-refractivity contribution in [3.8, 4) is 0 Å². The van der Waals surface area contributed by atoms with Gasteiger partial charge in [-0.05, 0) is 13.0 Å². The number of nitrogens with one attached hydrogen (secondary N) is 1. The summed E-state index contributed by atoms with van der Waals surface area (Å²) in [4.78, 5) is 22.2. The molecule has 0 aliphatic carbocycles. The molecular formula is C12H15N3O3. The van der Waals surface area contributed by atoms with Crippen molar-refractivity contribution < 1.29 is 9.72 Å². The van der Waals surface area contributed by atoms with Crippen LogP contribution in [0.25, 0.3) is 0 Å². The SMILES string of the molecule is Cc1cccc(C(=O)NC/C=C/CN)c1[N+](=O)[O-]. The molecular weight excluding hydrogens is 234 g/mol. The van der Waals surface area contributed by atoms with Crippen molar-refractivity contribution in [3.05, 3.63) is 51.6 Å². The average molecular weight is 249 g/mol. The molecule has 0 radical (unpaired) electrons. The number of nitro groups is 1. The normalized spacial score (nSPS) is 10.6. The molecule has 1 aromatic rings. The molecule has 0 aliphatic heterocycles. The lowest BCUT2D eigenvalue weighted by Gasteiger charge is -2.05. The minimum atomic E-state index is -0.542. The number of nitrogens with two attached hydrogens (primary N) is 1. The topological polar surface area (TPSA) is 98.3 Å². The standard InChI is InChI=1S/C12H15N3O3/c1-9-5-4-6-10(11(9)15(17)18)12(16)14-8-3-2-7-13/h2-6H,7-8,13H2,1H3,(H,14,16)/b3-2+. The summed E-state index contributed by atoms with van der Waals surface area (Å²) in [7, 11) is 0. The fourth-order valence-corrected chi connectivity index (χ4v) is 1.51. The van der Waals surface area contributed by atoms with Crippen molar-refractivity contribution in [2.45, 2.75) is 6.92 Å². The zero-order valence-corrected chi connectivity index (χ0v) is 10.1. The number of carbonyl (C=O) groups excluding carboxylic acids is 1. The molecule has 1 amide bonds. The molecule has 0 saturated carbocycles. The van der Waals surface area contributed by atoms with E-state index in [4.69, 9.17) is 5.73 Å². The fraction of sp³-hybridized carbons (Fsp3) is 0.250. The lowest BCUT2D eigenvalue weighted by molar-refractivity contribution is -0.385. The molecule has 0 aromatic heterocycles. The third-order valence-corrected chi connectivity index (χ3v) is 2.35. The highest BCUT2D eigenvalue weighted by molar-refractivity contribution is 5.98. The van der Waals surface area contributed by atoms with Gasteiger partial charge in [-0.1, -0.05) is 24.3 Å². The van der Waals surface area contributed by atoms with Crippen LogP contribution in [0.2, 0.25) is 0 Å². The van der Waals surface area contributed by atoms with Crippen molar-refractivity contribution in [2.24, 2.45) is 5.73 Å². The zero-order chi connectivity index (χ0) is 13.5. The number of aryl methyl sites for hydroxylation is 1. The Hall–Kier alpha value is -2.21.